The highest BCUT2D eigenvalue weighted by molar-refractivity contribution is 6.04. The van der Waals surface area contributed by atoms with Gasteiger partial charge in [-0.3, -0.25) is 20.2 Å². The Bertz CT molecular complexity index is 972. The van der Waals surface area contributed by atoms with Gasteiger partial charge in [-0.15, -0.1) is 0 Å². The number of aromatic nitrogens is 1. The van der Waals surface area contributed by atoms with Crippen LogP contribution in [-0.2, 0) is 0 Å². The Morgan fingerprint density at radius 1 is 1.12 bits per heavy atom. The largest absolute Gasteiger partial charge is 0.338 e. The van der Waals surface area contributed by atoms with Gasteiger partial charge in [0.25, 0.3) is 11.6 Å². The Labute approximate surface area is 139 Å². The molecule has 1 N–H and O–H groups in total. The van der Waals surface area contributed by atoms with E-state index in [0.717, 1.165) is 18.2 Å². The molecule has 9 heteroatoms. The number of amides is 1. The number of carbonyl (C=O) groups is 1. The maximum Gasteiger partial charge on any atom is 0.270 e. The number of rotatable bonds is 4. The molecule has 0 saturated carbocycles. The molecule has 0 aliphatic carbocycles. The fourth-order valence-electron chi connectivity index (χ4n) is 2.07. The molecule has 1 aromatic heterocycles. The van der Waals surface area contributed by atoms with Gasteiger partial charge >= 0.3 is 0 Å². The summed E-state index contributed by atoms with van der Waals surface area (Å²) < 4.78 is 31.1. The predicted octanol–water partition coefficient (Wildman–Crippen LogP) is 3.78. The molecule has 3 rings (SSSR count). The van der Waals surface area contributed by atoms with E-state index in [4.69, 9.17) is 4.52 Å². The molecule has 0 aliphatic rings. The Balaban J connectivity index is 1.79. The zero-order valence-electron chi connectivity index (χ0n) is 12.4. The van der Waals surface area contributed by atoms with E-state index >= 15 is 0 Å². The molecular weight excluding hydrogens is 336 g/mol. The second-order valence-corrected chi connectivity index (χ2v) is 4.97. The highest BCUT2D eigenvalue weighted by Gasteiger charge is 2.15. The second-order valence-electron chi connectivity index (χ2n) is 4.97. The van der Waals surface area contributed by atoms with Crippen LogP contribution in [0.2, 0.25) is 0 Å². The van der Waals surface area contributed by atoms with E-state index in [2.05, 4.69) is 10.5 Å². The molecule has 0 radical (unpaired) electrons. The quantitative estimate of drug-likeness (QED) is 0.573. The number of anilines is 1. The van der Waals surface area contributed by atoms with Crippen LogP contribution in [0.3, 0.4) is 0 Å². The SMILES string of the molecule is O=C(Nc1cc(-c2ccc(F)c(F)c2)no1)c1cccc([N+](=O)[O-])c1. The van der Waals surface area contributed by atoms with E-state index < -0.39 is 22.5 Å². The lowest BCUT2D eigenvalue weighted by atomic mass is 10.1. The Morgan fingerprint density at radius 3 is 2.64 bits per heavy atom. The van der Waals surface area contributed by atoms with Gasteiger partial charge in [-0.25, -0.2) is 8.78 Å². The molecule has 7 nitrogen and oxygen atoms in total. The average Bonchev–Trinajstić information content (AvgIpc) is 3.06. The third-order valence-electron chi connectivity index (χ3n) is 3.28. The average molecular weight is 345 g/mol. The van der Waals surface area contributed by atoms with E-state index in [9.17, 15) is 23.7 Å². The van der Waals surface area contributed by atoms with Crippen LogP contribution in [-0.4, -0.2) is 16.0 Å². The van der Waals surface area contributed by atoms with Gasteiger partial charge in [0.1, 0.15) is 5.69 Å². The van der Waals surface area contributed by atoms with Crippen LogP contribution in [0.4, 0.5) is 20.4 Å². The van der Waals surface area contributed by atoms with Crippen molar-refractivity contribution in [2.24, 2.45) is 0 Å². The third-order valence-corrected chi connectivity index (χ3v) is 3.28. The van der Waals surface area contributed by atoms with E-state index in [1.807, 2.05) is 0 Å². The molecule has 1 heterocycles. The first-order valence-electron chi connectivity index (χ1n) is 6.92. The Kier molecular flexibility index (Phi) is 4.21. The summed E-state index contributed by atoms with van der Waals surface area (Å²) in [5.74, 6) is -2.72. The van der Waals surface area contributed by atoms with Crippen LogP contribution < -0.4 is 5.32 Å². The van der Waals surface area contributed by atoms with Gasteiger partial charge in [0.05, 0.1) is 4.92 Å². The molecule has 126 valence electrons. The molecular formula is C16H9F2N3O4. The van der Waals surface area contributed by atoms with Gasteiger partial charge in [-0.05, 0) is 24.3 Å². The number of nitrogens with one attached hydrogen (secondary N) is 1. The molecule has 0 fully saturated rings. The predicted molar refractivity (Wildman–Crippen MR) is 82.9 cm³/mol. The summed E-state index contributed by atoms with van der Waals surface area (Å²) in [4.78, 5) is 22.2. The van der Waals surface area contributed by atoms with Gasteiger partial charge in [0, 0.05) is 29.3 Å². The molecule has 1 amide bonds. The number of nitro benzene ring substituents is 1. The van der Waals surface area contributed by atoms with Crippen LogP contribution in [0, 0.1) is 21.7 Å². The van der Waals surface area contributed by atoms with Crippen molar-refractivity contribution in [3.05, 3.63) is 75.8 Å². The third kappa shape index (κ3) is 3.50. The number of benzene rings is 2. The van der Waals surface area contributed by atoms with E-state index in [-0.39, 0.29) is 28.4 Å². The van der Waals surface area contributed by atoms with Gasteiger partial charge in [-0.1, -0.05) is 11.2 Å². The second kappa shape index (κ2) is 6.48. The number of nitro groups is 1. The number of carbonyl (C=O) groups excluding carboxylic acids is 1. The molecule has 25 heavy (non-hydrogen) atoms. The van der Waals surface area contributed by atoms with Crippen molar-refractivity contribution in [2.75, 3.05) is 5.32 Å². The lowest BCUT2D eigenvalue weighted by molar-refractivity contribution is -0.384. The summed E-state index contributed by atoms with van der Waals surface area (Å²) in [6.45, 7) is 0. The van der Waals surface area contributed by atoms with Crippen molar-refractivity contribution in [3.8, 4) is 11.3 Å². The van der Waals surface area contributed by atoms with Gasteiger partial charge in [0.15, 0.2) is 11.6 Å². The minimum atomic E-state index is -1.04. The first kappa shape index (κ1) is 16.2. The maximum absolute atomic E-state index is 13.2. The van der Waals surface area contributed by atoms with Gasteiger partial charge in [-0.2, -0.15) is 0 Å². The van der Waals surface area contributed by atoms with Crippen LogP contribution >= 0.6 is 0 Å². The van der Waals surface area contributed by atoms with Gasteiger partial charge in [0.2, 0.25) is 5.88 Å². The molecule has 0 aliphatic heterocycles. The number of non-ortho nitro benzene ring substituents is 1. The first-order chi connectivity index (χ1) is 11.9. The van der Waals surface area contributed by atoms with Crippen LogP contribution in [0.25, 0.3) is 11.3 Å². The summed E-state index contributed by atoms with van der Waals surface area (Å²) in [7, 11) is 0. The molecule has 2 aromatic carbocycles. The highest BCUT2D eigenvalue weighted by Crippen LogP contribution is 2.24. The van der Waals surface area contributed by atoms with Crippen molar-refractivity contribution in [3.63, 3.8) is 0 Å². The topological polar surface area (TPSA) is 98.3 Å². The summed E-state index contributed by atoms with van der Waals surface area (Å²) >= 11 is 0. The zero-order chi connectivity index (χ0) is 18.0. The van der Waals surface area contributed by atoms with Crippen molar-refractivity contribution in [1.82, 2.24) is 5.16 Å². The minimum absolute atomic E-state index is 0.0451. The number of hydrogen-bond acceptors (Lipinski definition) is 5. The molecule has 0 unspecified atom stereocenters. The Morgan fingerprint density at radius 2 is 1.92 bits per heavy atom. The van der Waals surface area contributed by atoms with Crippen molar-refractivity contribution in [2.45, 2.75) is 0 Å². The maximum atomic E-state index is 13.2. The molecule has 0 bridgehead atoms. The highest BCUT2D eigenvalue weighted by atomic mass is 19.2. The minimum Gasteiger partial charge on any atom is -0.338 e. The summed E-state index contributed by atoms with van der Waals surface area (Å²) in [5, 5.41) is 16.8. The van der Waals surface area contributed by atoms with E-state index in [1.54, 1.807) is 0 Å². The van der Waals surface area contributed by atoms with Crippen LogP contribution in [0.1, 0.15) is 10.4 Å². The normalized spacial score (nSPS) is 10.5. The lowest BCUT2D eigenvalue weighted by Gasteiger charge is -2.00. The summed E-state index contributed by atoms with van der Waals surface area (Å²) in [6.07, 6.45) is 0. The van der Waals surface area contributed by atoms with Gasteiger partial charge < -0.3 is 4.52 Å². The fraction of sp³-hybridized carbons (Fsp3) is 0. The molecule has 0 saturated heterocycles. The number of halogens is 2. The van der Waals surface area contributed by atoms with Crippen molar-refractivity contribution in [1.29, 1.82) is 0 Å². The molecule has 0 spiro atoms. The van der Waals surface area contributed by atoms with Crippen molar-refractivity contribution < 1.29 is 23.0 Å². The number of hydrogen-bond donors (Lipinski definition) is 1. The Hall–Kier alpha value is -3.62. The zero-order valence-corrected chi connectivity index (χ0v) is 12.4. The standard InChI is InChI=1S/C16H9F2N3O4/c17-12-5-4-9(7-13(12)18)14-8-15(25-20-14)19-16(22)10-2-1-3-11(6-10)21(23)24/h1-8H,(H,19,22). The molecule has 3 aromatic rings. The van der Waals surface area contributed by atoms with Crippen LogP contribution in [0.15, 0.2) is 53.1 Å². The van der Waals surface area contributed by atoms with E-state index in [1.165, 1.54) is 30.3 Å². The van der Waals surface area contributed by atoms with Crippen LogP contribution in [0.5, 0.6) is 0 Å². The fourth-order valence-corrected chi connectivity index (χ4v) is 2.07. The van der Waals surface area contributed by atoms with Crippen molar-refractivity contribution >= 4 is 17.5 Å². The monoisotopic (exact) mass is 345 g/mol. The molecule has 0 atom stereocenters. The number of nitrogens with zero attached hydrogens (tertiary/aromatic N) is 2. The summed E-state index contributed by atoms with van der Waals surface area (Å²) in [6, 6.07) is 9.66. The lowest BCUT2D eigenvalue weighted by Crippen LogP contribution is -2.11. The van der Waals surface area contributed by atoms with E-state index in [0.29, 0.717) is 0 Å². The smallest absolute Gasteiger partial charge is 0.270 e. The summed E-state index contributed by atoms with van der Waals surface area (Å²) in [5.41, 5.74) is 0.277. The first-order valence-corrected chi connectivity index (χ1v) is 6.92.